The van der Waals surface area contributed by atoms with E-state index in [1.54, 1.807) is 22.7 Å². The molecule has 5 nitrogen and oxygen atoms in total. The number of rotatable bonds is 4. The number of fused-ring (bicyclic) bond motifs is 2. The monoisotopic (exact) mass is 431 g/mol. The summed E-state index contributed by atoms with van der Waals surface area (Å²) >= 11 is 3.52. The summed E-state index contributed by atoms with van der Waals surface area (Å²) in [5.41, 5.74) is 4.26. The van der Waals surface area contributed by atoms with Crippen LogP contribution in [0.25, 0.3) is 32.0 Å². The predicted molar refractivity (Wildman–Crippen MR) is 124 cm³/mol. The Labute approximate surface area is 182 Å². The first-order valence-corrected chi connectivity index (χ1v) is 12.0. The first kappa shape index (κ1) is 18.2. The molecule has 0 amide bonds. The number of thiazole rings is 2. The molecule has 0 spiro atoms. The zero-order valence-electron chi connectivity index (χ0n) is 16.4. The first-order valence-electron chi connectivity index (χ1n) is 10.3. The molecule has 1 aliphatic rings. The Morgan fingerprint density at radius 1 is 0.933 bits per heavy atom. The summed E-state index contributed by atoms with van der Waals surface area (Å²) in [5, 5.41) is 4.46. The molecule has 30 heavy (non-hydrogen) atoms. The van der Waals surface area contributed by atoms with Crippen LogP contribution in [-0.4, -0.2) is 37.9 Å². The second kappa shape index (κ2) is 7.58. The molecule has 1 fully saturated rings. The van der Waals surface area contributed by atoms with Crippen molar-refractivity contribution in [3.63, 3.8) is 0 Å². The van der Waals surface area contributed by atoms with Crippen LogP contribution >= 0.6 is 22.7 Å². The second-order valence-electron chi connectivity index (χ2n) is 7.81. The Hall–Kier alpha value is -2.61. The molecule has 0 unspecified atom stereocenters. The highest BCUT2D eigenvalue weighted by Crippen LogP contribution is 2.35. The van der Waals surface area contributed by atoms with E-state index < -0.39 is 0 Å². The van der Waals surface area contributed by atoms with Gasteiger partial charge in [0.05, 0.1) is 32.8 Å². The number of para-hydroxylation sites is 3. The molecule has 150 valence electrons. The molecule has 1 aliphatic heterocycles. The van der Waals surface area contributed by atoms with Crippen LogP contribution < -0.4 is 0 Å². The van der Waals surface area contributed by atoms with E-state index in [0.717, 1.165) is 65.6 Å². The number of hydrogen-bond donors (Lipinski definition) is 1. The number of imidazole rings is 1. The summed E-state index contributed by atoms with van der Waals surface area (Å²) in [4.78, 5) is 20.4. The number of aromatic amines is 1. The SMILES string of the molecule is c1ccc2[nH]c(CN3CCC(c4nc(-c5nc6ccccc6s5)cs4)CC3)nc2c1. The van der Waals surface area contributed by atoms with Gasteiger partial charge in [-0.3, -0.25) is 4.90 Å². The summed E-state index contributed by atoms with van der Waals surface area (Å²) in [6.07, 6.45) is 2.29. The van der Waals surface area contributed by atoms with E-state index in [9.17, 15) is 0 Å². The minimum absolute atomic E-state index is 0.546. The lowest BCUT2D eigenvalue weighted by Gasteiger charge is -2.30. The van der Waals surface area contributed by atoms with Crippen molar-refractivity contribution in [2.45, 2.75) is 25.3 Å². The molecule has 0 saturated carbocycles. The lowest BCUT2D eigenvalue weighted by Crippen LogP contribution is -2.32. The molecular weight excluding hydrogens is 410 g/mol. The van der Waals surface area contributed by atoms with E-state index in [2.05, 4.69) is 45.6 Å². The van der Waals surface area contributed by atoms with Gasteiger partial charge in [-0.25, -0.2) is 15.0 Å². The number of aromatic nitrogens is 4. The Balaban J connectivity index is 1.12. The third kappa shape index (κ3) is 3.43. The second-order valence-corrected chi connectivity index (χ2v) is 9.73. The molecule has 1 saturated heterocycles. The van der Waals surface area contributed by atoms with E-state index in [4.69, 9.17) is 15.0 Å². The number of nitrogens with one attached hydrogen (secondary N) is 1. The number of hydrogen-bond acceptors (Lipinski definition) is 6. The molecule has 0 atom stereocenters. The standard InChI is InChI=1S/C23H21N5S2/c1-2-6-17-16(5-1)24-21(25-17)13-28-11-9-15(10-12-28)22-27-19(14-29-22)23-26-18-7-3-4-8-20(18)30-23/h1-8,14-15H,9-13H2,(H,24,25). The van der Waals surface area contributed by atoms with Gasteiger partial charge in [-0.15, -0.1) is 22.7 Å². The summed E-state index contributed by atoms with van der Waals surface area (Å²) in [7, 11) is 0. The largest absolute Gasteiger partial charge is 0.341 e. The van der Waals surface area contributed by atoms with Crippen molar-refractivity contribution in [1.82, 2.24) is 24.8 Å². The Bertz CT molecular complexity index is 1240. The van der Waals surface area contributed by atoms with Crippen LogP contribution in [0.2, 0.25) is 0 Å². The number of likely N-dealkylation sites (tertiary alicyclic amines) is 1. The predicted octanol–water partition coefficient (Wildman–Crippen LogP) is 5.68. The maximum absolute atomic E-state index is 4.97. The van der Waals surface area contributed by atoms with Gasteiger partial charge in [0.25, 0.3) is 0 Å². The van der Waals surface area contributed by atoms with E-state index in [-0.39, 0.29) is 0 Å². The van der Waals surface area contributed by atoms with Crippen molar-refractivity contribution >= 4 is 43.9 Å². The van der Waals surface area contributed by atoms with Crippen LogP contribution in [0, 0.1) is 0 Å². The maximum atomic E-state index is 4.97. The van der Waals surface area contributed by atoms with Crippen molar-refractivity contribution in [2.75, 3.05) is 13.1 Å². The Kier molecular flexibility index (Phi) is 4.59. The van der Waals surface area contributed by atoms with Crippen molar-refractivity contribution in [3.05, 3.63) is 64.7 Å². The molecule has 6 rings (SSSR count). The van der Waals surface area contributed by atoms with Crippen LogP contribution in [-0.2, 0) is 6.54 Å². The van der Waals surface area contributed by atoms with Crippen molar-refractivity contribution in [2.24, 2.45) is 0 Å². The smallest absolute Gasteiger partial charge is 0.143 e. The van der Waals surface area contributed by atoms with Gasteiger partial charge in [0.15, 0.2) is 0 Å². The van der Waals surface area contributed by atoms with Gasteiger partial charge in [0, 0.05) is 11.3 Å². The average molecular weight is 432 g/mol. The van der Waals surface area contributed by atoms with Crippen molar-refractivity contribution in [3.8, 4) is 10.7 Å². The molecular formula is C23H21N5S2. The van der Waals surface area contributed by atoms with Crippen molar-refractivity contribution in [1.29, 1.82) is 0 Å². The maximum Gasteiger partial charge on any atom is 0.143 e. The Morgan fingerprint density at radius 2 is 1.73 bits per heavy atom. The molecule has 4 heterocycles. The fourth-order valence-electron chi connectivity index (χ4n) is 4.19. The molecule has 5 aromatic rings. The van der Waals surface area contributed by atoms with Crippen LogP contribution in [0.5, 0.6) is 0 Å². The third-order valence-corrected chi connectivity index (χ3v) is 7.85. The third-order valence-electron chi connectivity index (χ3n) is 5.78. The molecule has 3 aromatic heterocycles. The lowest BCUT2D eigenvalue weighted by atomic mass is 9.97. The van der Waals surface area contributed by atoms with Gasteiger partial charge in [-0.05, 0) is 50.2 Å². The van der Waals surface area contributed by atoms with Gasteiger partial charge >= 0.3 is 0 Å². The zero-order valence-corrected chi connectivity index (χ0v) is 18.0. The molecule has 0 aliphatic carbocycles. The van der Waals surface area contributed by atoms with Gasteiger partial charge in [0.1, 0.15) is 16.5 Å². The number of piperidine rings is 1. The highest BCUT2D eigenvalue weighted by Gasteiger charge is 2.24. The number of nitrogens with zero attached hydrogens (tertiary/aromatic N) is 4. The number of benzene rings is 2. The zero-order chi connectivity index (χ0) is 19.9. The fourth-order valence-corrected chi connectivity index (χ4v) is 6.16. The normalized spacial score (nSPS) is 16.0. The molecule has 2 aromatic carbocycles. The van der Waals surface area contributed by atoms with Gasteiger partial charge in [0.2, 0.25) is 0 Å². The van der Waals surface area contributed by atoms with Crippen LogP contribution in [0.1, 0.15) is 29.6 Å². The average Bonchev–Trinajstić information content (AvgIpc) is 3.51. The van der Waals surface area contributed by atoms with Gasteiger partial charge in [-0.1, -0.05) is 24.3 Å². The number of H-pyrrole nitrogens is 1. The highest BCUT2D eigenvalue weighted by molar-refractivity contribution is 7.21. The van der Waals surface area contributed by atoms with E-state index in [0.29, 0.717) is 5.92 Å². The summed E-state index contributed by atoms with van der Waals surface area (Å²) < 4.78 is 1.22. The van der Waals surface area contributed by atoms with Gasteiger partial charge in [-0.2, -0.15) is 0 Å². The van der Waals surface area contributed by atoms with E-state index in [1.807, 2.05) is 18.2 Å². The van der Waals surface area contributed by atoms with Crippen molar-refractivity contribution < 1.29 is 0 Å². The minimum Gasteiger partial charge on any atom is -0.341 e. The fraction of sp³-hybridized carbons (Fsp3) is 0.261. The van der Waals surface area contributed by atoms with Gasteiger partial charge < -0.3 is 4.98 Å². The van der Waals surface area contributed by atoms with Crippen LogP contribution in [0.15, 0.2) is 53.9 Å². The molecule has 0 radical (unpaired) electrons. The minimum atomic E-state index is 0.546. The first-order chi connectivity index (χ1) is 14.8. The summed E-state index contributed by atoms with van der Waals surface area (Å²) in [6.45, 7) is 3.05. The lowest BCUT2D eigenvalue weighted by molar-refractivity contribution is 0.201. The Morgan fingerprint density at radius 3 is 2.57 bits per heavy atom. The topological polar surface area (TPSA) is 57.7 Å². The summed E-state index contributed by atoms with van der Waals surface area (Å²) in [6, 6.07) is 16.5. The van der Waals surface area contributed by atoms with E-state index in [1.165, 1.54) is 9.71 Å². The van der Waals surface area contributed by atoms with Crippen LogP contribution in [0.3, 0.4) is 0 Å². The quantitative estimate of drug-likeness (QED) is 0.398. The van der Waals surface area contributed by atoms with Crippen LogP contribution in [0.4, 0.5) is 0 Å². The molecule has 7 heteroatoms. The summed E-state index contributed by atoms with van der Waals surface area (Å²) in [5.74, 6) is 1.60. The molecule has 1 N–H and O–H groups in total. The van der Waals surface area contributed by atoms with E-state index >= 15 is 0 Å². The molecule has 0 bridgehead atoms. The highest BCUT2D eigenvalue weighted by atomic mass is 32.1.